The Labute approximate surface area is 79.6 Å². The second-order valence-electron chi connectivity index (χ2n) is 2.81. The third-order valence-electron chi connectivity index (χ3n) is 1.73. The van der Waals surface area contributed by atoms with Crippen LogP contribution in [0, 0.1) is 0 Å². The number of hydrogen-bond acceptors (Lipinski definition) is 4. The highest BCUT2D eigenvalue weighted by Crippen LogP contribution is 2.15. The number of nitrogens with two attached hydrogens (primary N) is 1. The quantitative estimate of drug-likeness (QED) is 0.679. The number of nitrogens with one attached hydrogen (secondary N) is 1. The van der Waals surface area contributed by atoms with Crippen LogP contribution in [0.15, 0.2) is 35.4 Å². The van der Waals surface area contributed by atoms with Gasteiger partial charge in [0.1, 0.15) is 0 Å². The molecule has 0 aliphatic rings. The highest BCUT2D eigenvalue weighted by molar-refractivity contribution is 5.61. The van der Waals surface area contributed by atoms with E-state index in [0.717, 1.165) is 5.56 Å². The standard InChI is InChI=1S/C9H8N4O/c10-7-3-6(4-11-5-7)8-1-2-9(14)13-12-8/h1-5H,10H2,(H,13,14). The Morgan fingerprint density at radius 3 is 2.79 bits per heavy atom. The predicted octanol–water partition coefficient (Wildman–Crippen LogP) is 0.414. The maximum absolute atomic E-state index is 10.8. The number of anilines is 1. The molecule has 70 valence electrons. The number of nitrogen functional groups attached to an aromatic ring is 1. The lowest BCUT2D eigenvalue weighted by molar-refractivity contribution is 0.994. The van der Waals surface area contributed by atoms with Crippen LogP contribution in [0.5, 0.6) is 0 Å². The highest BCUT2D eigenvalue weighted by Gasteiger charge is 1.99. The Hall–Kier alpha value is -2.17. The highest BCUT2D eigenvalue weighted by atomic mass is 16.1. The van der Waals surface area contributed by atoms with Gasteiger partial charge >= 0.3 is 0 Å². The van der Waals surface area contributed by atoms with Crippen LogP contribution < -0.4 is 11.3 Å². The van der Waals surface area contributed by atoms with Crippen molar-refractivity contribution in [3.05, 3.63) is 40.9 Å². The normalized spacial score (nSPS) is 10.0. The first-order valence-electron chi connectivity index (χ1n) is 4.02. The lowest BCUT2D eigenvalue weighted by Gasteiger charge is -1.99. The summed E-state index contributed by atoms with van der Waals surface area (Å²) in [5, 5.41) is 6.20. The Balaban J connectivity index is 2.49. The van der Waals surface area contributed by atoms with Gasteiger partial charge in [-0.2, -0.15) is 5.10 Å². The zero-order valence-electron chi connectivity index (χ0n) is 7.27. The van der Waals surface area contributed by atoms with Crippen LogP contribution in [-0.2, 0) is 0 Å². The van der Waals surface area contributed by atoms with Gasteiger partial charge in [-0.3, -0.25) is 9.78 Å². The fraction of sp³-hybridized carbons (Fsp3) is 0. The molecular formula is C9H8N4O. The molecule has 5 heteroatoms. The number of pyridine rings is 1. The number of rotatable bonds is 1. The van der Waals surface area contributed by atoms with E-state index in [1.54, 1.807) is 24.5 Å². The van der Waals surface area contributed by atoms with E-state index < -0.39 is 0 Å². The zero-order valence-corrected chi connectivity index (χ0v) is 7.27. The topological polar surface area (TPSA) is 84.7 Å². The molecule has 2 heterocycles. The summed E-state index contributed by atoms with van der Waals surface area (Å²) in [5.41, 5.74) is 7.32. The van der Waals surface area contributed by atoms with E-state index in [2.05, 4.69) is 15.2 Å². The molecule has 2 aromatic heterocycles. The van der Waals surface area contributed by atoms with Crippen molar-refractivity contribution in [3.63, 3.8) is 0 Å². The smallest absolute Gasteiger partial charge is 0.264 e. The molecule has 0 aliphatic heterocycles. The van der Waals surface area contributed by atoms with Gasteiger partial charge in [-0.1, -0.05) is 0 Å². The minimum atomic E-state index is -0.231. The Kier molecular flexibility index (Phi) is 1.98. The summed E-state index contributed by atoms with van der Waals surface area (Å²) in [5.74, 6) is 0. The SMILES string of the molecule is Nc1cncc(-c2ccc(=O)[nH]n2)c1. The molecule has 0 atom stereocenters. The van der Waals surface area contributed by atoms with Gasteiger partial charge in [0.25, 0.3) is 5.56 Å². The second kappa shape index (κ2) is 3.29. The molecule has 14 heavy (non-hydrogen) atoms. The molecule has 0 aromatic carbocycles. The van der Waals surface area contributed by atoms with E-state index >= 15 is 0 Å². The summed E-state index contributed by atoms with van der Waals surface area (Å²) in [6, 6.07) is 4.77. The van der Waals surface area contributed by atoms with Gasteiger partial charge in [0.05, 0.1) is 11.4 Å². The molecule has 0 unspecified atom stereocenters. The van der Waals surface area contributed by atoms with Crippen LogP contribution in [0.2, 0.25) is 0 Å². The first kappa shape index (κ1) is 8.43. The molecule has 0 aliphatic carbocycles. The van der Waals surface area contributed by atoms with Crippen LogP contribution in [-0.4, -0.2) is 15.2 Å². The summed E-state index contributed by atoms with van der Waals surface area (Å²) in [6.07, 6.45) is 3.19. The van der Waals surface area contributed by atoms with Gasteiger partial charge in [0.15, 0.2) is 0 Å². The van der Waals surface area contributed by atoms with Crippen molar-refractivity contribution in [2.45, 2.75) is 0 Å². The van der Waals surface area contributed by atoms with Crippen LogP contribution in [0.3, 0.4) is 0 Å². The van der Waals surface area contributed by atoms with Gasteiger partial charge in [-0.15, -0.1) is 0 Å². The van der Waals surface area contributed by atoms with Gasteiger partial charge < -0.3 is 5.73 Å². The fourth-order valence-electron chi connectivity index (χ4n) is 1.10. The van der Waals surface area contributed by atoms with E-state index in [1.165, 1.54) is 6.07 Å². The van der Waals surface area contributed by atoms with Crippen molar-refractivity contribution >= 4 is 5.69 Å². The van der Waals surface area contributed by atoms with Crippen molar-refractivity contribution < 1.29 is 0 Å². The average molecular weight is 188 g/mol. The molecule has 0 spiro atoms. The molecule has 2 aromatic rings. The Bertz CT molecular complexity index is 486. The number of aromatic amines is 1. The average Bonchev–Trinajstić information content (AvgIpc) is 2.19. The number of aromatic nitrogens is 3. The lowest BCUT2D eigenvalue weighted by atomic mass is 10.2. The molecule has 0 radical (unpaired) electrons. The molecule has 2 rings (SSSR count). The van der Waals surface area contributed by atoms with Crippen molar-refractivity contribution in [1.29, 1.82) is 0 Å². The van der Waals surface area contributed by atoms with Gasteiger partial charge in [-0.25, -0.2) is 5.10 Å². The number of nitrogens with zero attached hydrogens (tertiary/aromatic N) is 2. The molecule has 0 saturated carbocycles. The monoisotopic (exact) mass is 188 g/mol. The van der Waals surface area contributed by atoms with E-state index in [9.17, 15) is 4.79 Å². The van der Waals surface area contributed by atoms with Gasteiger partial charge in [0, 0.05) is 24.0 Å². The summed E-state index contributed by atoms with van der Waals surface area (Å²) >= 11 is 0. The Morgan fingerprint density at radius 1 is 1.29 bits per heavy atom. The minimum absolute atomic E-state index is 0.231. The van der Waals surface area contributed by atoms with Crippen LogP contribution in [0.25, 0.3) is 11.3 Å². The maximum atomic E-state index is 10.8. The molecule has 0 amide bonds. The van der Waals surface area contributed by atoms with Gasteiger partial charge in [-0.05, 0) is 12.1 Å². The largest absolute Gasteiger partial charge is 0.397 e. The lowest BCUT2D eigenvalue weighted by Crippen LogP contribution is -2.05. The summed E-state index contributed by atoms with van der Waals surface area (Å²) in [6.45, 7) is 0. The first-order chi connectivity index (χ1) is 6.75. The predicted molar refractivity (Wildman–Crippen MR) is 52.5 cm³/mol. The molecule has 0 fully saturated rings. The van der Waals surface area contributed by atoms with E-state index in [-0.39, 0.29) is 5.56 Å². The van der Waals surface area contributed by atoms with Crippen LogP contribution in [0.1, 0.15) is 0 Å². The minimum Gasteiger partial charge on any atom is -0.397 e. The first-order valence-corrected chi connectivity index (χ1v) is 4.02. The molecule has 0 saturated heterocycles. The van der Waals surface area contributed by atoms with Crippen molar-refractivity contribution in [2.24, 2.45) is 0 Å². The summed E-state index contributed by atoms with van der Waals surface area (Å²) in [7, 11) is 0. The molecule has 0 bridgehead atoms. The molecule has 3 N–H and O–H groups in total. The fourth-order valence-corrected chi connectivity index (χ4v) is 1.10. The number of H-pyrrole nitrogens is 1. The number of hydrogen-bond donors (Lipinski definition) is 2. The van der Waals surface area contributed by atoms with Gasteiger partial charge in [0.2, 0.25) is 0 Å². The van der Waals surface area contributed by atoms with E-state index in [4.69, 9.17) is 5.73 Å². The third kappa shape index (κ3) is 1.61. The van der Waals surface area contributed by atoms with Crippen LogP contribution >= 0.6 is 0 Å². The van der Waals surface area contributed by atoms with E-state index in [1.807, 2.05) is 0 Å². The zero-order chi connectivity index (χ0) is 9.97. The van der Waals surface area contributed by atoms with Crippen molar-refractivity contribution in [1.82, 2.24) is 15.2 Å². The third-order valence-corrected chi connectivity index (χ3v) is 1.73. The summed E-state index contributed by atoms with van der Waals surface area (Å²) < 4.78 is 0. The maximum Gasteiger partial charge on any atom is 0.264 e. The molecule has 5 nitrogen and oxygen atoms in total. The second-order valence-corrected chi connectivity index (χ2v) is 2.81. The van der Waals surface area contributed by atoms with Crippen molar-refractivity contribution in [3.8, 4) is 11.3 Å². The van der Waals surface area contributed by atoms with E-state index in [0.29, 0.717) is 11.4 Å². The van der Waals surface area contributed by atoms with Crippen molar-refractivity contribution in [2.75, 3.05) is 5.73 Å². The Morgan fingerprint density at radius 2 is 2.14 bits per heavy atom. The molecular weight excluding hydrogens is 180 g/mol. The summed E-state index contributed by atoms with van der Waals surface area (Å²) in [4.78, 5) is 14.7. The van der Waals surface area contributed by atoms with Crippen LogP contribution in [0.4, 0.5) is 5.69 Å².